The molecule has 0 bridgehead atoms. The topological polar surface area (TPSA) is 132 Å². The number of aromatic amines is 1. The van der Waals surface area contributed by atoms with Crippen LogP contribution in [0.2, 0.25) is 0 Å². The SMILES string of the molecule is CN(C)c1ncc(-c2cnc3[nH]cc(C#N)c3n2)c(C[C@H]2CCCN(S(C)(=O)=O)C2)n1. The number of nitrogens with zero attached hydrogens (tertiary/aromatic N) is 7. The number of nitrogens with one attached hydrogen (secondary N) is 1. The van der Waals surface area contributed by atoms with Crippen LogP contribution in [0.5, 0.6) is 0 Å². The molecule has 1 N–H and O–H groups in total. The van der Waals surface area contributed by atoms with Crippen LogP contribution in [-0.4, -0.2) is 71.1 Å². The van der Waals surface area contributed by atoms with Gasteiger partial charge < -0.3 is 9.88 Å². The fourth-order valence-corrected chi connectivity index (χ4v) is 4.81. The summed E-state index contributed by atoms with van der Waals surface area (Å²) >= 11 is 0. The Hall–Kier alpha value is -3.10. The normalized spacial score (nSPS) is 17.5. The van der Waals surface area contributed by atoms with Crippen LogP contribution in [0.4, 0.5) is 5.95 Å². The van der Waals surface area contributed by atoms with Gasteiger partial charge >= 0.3 is 0 Å². The summed E-state index contributed by atoms with van der Waals surface area (Å²) in [6.45, 7) is 1.03. The average molecular weight is 441 g/mol. The van der Waals surface area contributed by atoms with Crippen LogP contribution in [-0.2, 0) is 16.4 Å². The highest BCUT2D eigenvalue weighted by Crippen LogP contribution is 2.28. The standard InChI is InChI=1S/C20H24N8O2S/c1-27(2)20-24-10-15(17-11-23-19-18(25-17)14(8-21)9-22-19)16(26-20)7-13-5-4-6-28(12-13)31(3,29)30/h9-11,13H,4-7,12H2,1-3H3,(H,22,23)/t13-/m1/s1. The first-order valence-electron chi connectivity index (χ1n) is 9.99. The predicted octanol–water partition coefficient (Wildman–Crippen LogP) is 1.57. The van der Waals surface area contributed by atoms with Crippen LogP contribution in [0, 0.1) is 17.2 Å². The van der Waals surface area contributed by atoms with E-state index < -0.39 is 10.0 Å². The molecule has 0 aliphatic carbocycles. The summed E-state index contributed by atoms with van der Waals surface area (Å²) in [4.78, 5) is 23.0. The maximum absolute atomic E-state index is 12.0. The molecule has 1 aliphatic rings. The molecule has 4 heterocycles. The van der Waals surface area contributed by atoms with E-state index in [0.29, 0.717) is 47.9 Å². The van der Waals surface area contributed by atoms with Gasteiger partial charge in [0.25, 0.3) is 0 Å². The lowest BCUT2D eigenvalue weighted by atomic mass is 9.92. The molecule has 31 heavy (non-hydrogen) atoms. The lowest BCUT2D eigenvalue weighted by Gasteiger charge is -2.31. The van der Waals surface area contributed by atoms with Gasteiger partial charge in [0.2, 0.25) is 16.0 Å². The van der Waals surface area contributed by atoms with Crippen LogP contribution in [0.1, 0.15) is 24.1 Å². The number of anilines is 1. The van der Waals surface area contributed by atoms with E-state index in [4.69, 9.17) is 4.98 Å². The van der Waals surface area contributed by atoms with Crippen molar-refractivity contribution in [1.82, 2.24) is 29.2 Å². The van der Waals surface area contributed by atoms with Gasteiger partial charge in [-0.25, -0.2) is 32.7 Å². The van der Waals surface area contributed by atoms with Crippen LogP contribution in [0.25, 0.3) is 22.4 Å². The molecule has 3 aromatic rings. The third-order valence-corrected chi connectivity index (χ3v) is 6.73. The first kappa shape index (κ1) is 21.1. The van der Waals surface area contributed by atoms with Crippen molar-refractivity contribution < 1.29 is 8.42 Å². The maximum atomic E-state index is 12.0. The van der Waals surface area contributed by atoms with E-state index in [1.807, 2.05) is 19.0 Å². The molecule has 0 unspecified atom stereocenters. The molecular weight excluding hydrogens is 416 g/mol. The minimum atomic E-state index is -3.22. The van der Waals surface area contributed by atoms with Gasteiger partial charge in [-0.3, -0.25) is 0 Å². The average Bonchev–Trinajstić information content (AvgIpc) is 3.15. The highest BCUT2D eigenvalue weighted by molar-refractivity contribution is 7.88. The lowest BCUT2D eigenvalue weighted by Crippen LogP contribution is -2.40. The number of sulfonamides is 1. The van der Waals surface area contributed by atoms with E-state index in [1.165, 1.54) is 6.26 Å². The van der Waals surface area contributed by atoms with Crippen molar-refractivity contribution in [2.75, 3.05) is 38.3 Å². The number of piperidine rings is 1. The van der Waals surface area contributed by atoms with Crippen LogP contribution < -0.4 is 4.90 Å². The number of hydrogen-bond donors (Lipinski definition) is 1. The molecule has 0 aromatic carbocycles. The third kappa shape index (κ3) is 4.35. The molecule has 10 nitrogen and oxygen atoms in total. The molecule has 1 fully saturated rings. The first-order valence-corrected chi connectivity index (χ1v) is 11.8. The van der Waals surface area contributed by atoms with Gasteiger partial charge in [0.15, 0.2) is 5.65 Å². The van der Waals surface area contributed by atoms with Crippen molar-refractivity contribution in [3.05, 3.63) is 29.8 Å². The fraction of sp³-hybridized carbons (Fsp3) is 0.450. The highest BCUT2D eigenvalue weighted by Gasteiger charge is 2.27. The molecule has 4 rings (SSSR count). The van der Waals surface area contributed by atoms with E-state index in [1.54, 1.807) is 22.9 Å². The number of aromatic nitrogens is 5. The Morgan fingerprint density at radius 1 is 1.29 bits per heavy atom. The number of hydrogen-bond acceptors (Lipinski definition) is 8. The van der Waals surface area contributed by atoms with Gasteiger partial charge in [-0.05, 0) is 25.2 Å². The second-order valence-electron chi connectivity index (χ2n) is 8.02. The molecule has 0 amide bonds. The van der Waals surface area contributed by atoms with E-state index in [0.717, 1.165) is 24.1 Å². The third-order valence-electron chi connectivity index (χ3n) is 5.46. The Bertz CT molecular complexity index is 1260. The van der Waals surface area contributed by atoms with E-state index in [2.05, 4.69) is 26.0 Å². The van der Waals surface area contributed by atoms with Crippen molar-refractivity contribution in [1.29, 1.82) is 5.26 Å². The van der Waals surface area contributed by atoms with Gasteiger partial charge in [-0.15, -0.1) is 0 Å². The zero-order valence-electron chi connectivity index (χ0n) is 17.7. The van der Waals surface area contributed by atoms with Crippen molar-refractivity contribution in [3.8, 4) is 17.3 Å². The molecule has 1 atom stereocenters. The molecular formula is C20H24N8O2S. The Labute approximate surface area is 181 Å². The van der Waals surface area contributed by atoms with Gasteiger partial charge in [-0.1, -0.05) is 0 Å². The second kappa shape index (κ2) is 8.20. The Balaban J connectivity index is 1.73. The van der Waals surface area contributed by atoms with Crippen LogP contribution in [0.15, 0.2) is 18.6 Å². The summed E-state index contributed by atoms with van der Waals surface area (Å²) in [6, 6.07) is 2.12. The minimum Gasteiger partial charge on any atom is -0.347 e. The lowest BCUT2D eigenvalue weighted by molar-refractivity contribution is 0.265. The zero-order valence-corrected chi connectivity index (χ0v) is 18.5. The Morgan fingerprint density at radius 2 is 2.10 bits per heavy atom. The molecule has 0 radical (unpaired) electrons. The Kier molecular flexibility index (Phi) is 5.60. The van der Waals surface area contributed by atoms with Crippen molar-refractivity contribution >= 4 is 27.1 Å². The summed E-state index contributed by atoms with van der Waals surface area (Å²) in [5.74, 6) is 0.716. The summed E-state index contributed by atoms with van der Waals surface area (Å²) in [5, 5.41) is 9.32. The minimum absolute atomic E-state index is 0.144. The molecule has 1 saturated heterocycles. The molecule has 0 saturated carbocycles. The van der Waals surface area contributed by atoms with Gasteiger partial charge in [0.1, 0.15) is 11.6 Å². The molecule has 162 valence electrons. The van der Waals surface area contributed by atoms with Crippen LogP contribution in [0.3, 0.4) is 0 Å². The zero-order chi connectivity index (χ0) is 22.2. The second-order valence-corrected chi connectivity index (χ2v) is 10.0. The smallest absolute Gasteiger partial charge is 0.225 e. The molecule has 1 aliphatic heterocycles. The monoisotopic (exact) mass is 440 g/mol. The number of nitriles is 1. The highest BCUT2D eigenvalue weighted by atomic mass is 32.2. The van der Waals surface area contributed by atoms with E-state index in [-0.39, 0.29) is 5.92 Å². The number of fused-ring (bicyclic) bond motifs is 1. The summed E-state index contributed by atoms with van der Waals surface area (Å²) in [7, 11) is 0.517. The van der Waals surface area contributed by atoms with Crippen molar-refractivity contribution in [3.63, 3.8) is 0 Å². The number of H-pyrrole nitrogens is 1. The predicted molar refractivity (Wildman–Crippen MR) is 117 cm³/mol. The molecule has 0 spiro atoms. The summed E-state index contributed by atoms with van der Waals surface area (Å²) in [5.41, 5.74) is 3.59. The maximum Gasteiger partial charge on any atom is 0.225 e. The first-order chi connectivity index (χ1) is 14.8. The van der Waals surface area contributed by atoms with Gasteiger partial charge in [0, 0.05) is 45.1 Å². The van der Waals surface area contributed by atoms with Gasteiger partial charge in [0.05, 0.1) is 29.4 Å². The van der Waals surface area contributed by atoms with E-state index in [9.17, 15) is 13.7 Å². The summed E-state index contributed by atoms with van der Waals surface area (Å²) < 4.78 is 25.6. The fourth-order valence-electron chi connectivity index (χ4n) is 3.87. The summed E-state index contributed by atoms with van der Waals surface area (Å²) in [6.07, 6.45) is 8.55. The largest absolute Gasteiger partial charge is 0.347 e. The quantitative estimate of drug-likeness (QED) is 0.632. The van der Waals surface area contributed by atoms with Crippen molar-refractivity contribution in [2.45, 2.75) is 19.3 Å². The molecule has 3 aromatic heterocycles. The molecule has 11 heteroatoms. The van der Waals surface area contributed by atoms with Gasteiger partial charge in [-0.2, -0.15) is 5.26 Å². The van der Waals surface area contributed by atoms with Crippen LogP contribution >= 0.6 is 0 Å². The Morgan fingerprint density at radius 3 is 2.81 bits per heavy atom. The number of rotatable bonds is 5. The van der Waals surface area contributed by atoms with E-state index >= 15 is 0 Å². The van der Waals surface area contributed by atoms with Crippen molar-refractivity contribution in [2.24, 2.45) is 5.92 Å².